The van der Waals surface area contributed by atoms with E-state index >= 15 is 0 Å². The van der Waals surface area contributed by atoms with Crippen LogP contribution in [0.5, 0.6) is 11.6 Å². The van der Waals surface area contributed by atoms with Gasteiger partial charge in [-0.05, 0) is 37.1 Å². The van der Waals surface area contributed by atoms with E-state index in [1.165, 1.54) is 0 Å². The molecule has 1 aliphatic heterocycles. The molecule has 9 heteroatoms. The van der Waals surface area contributed by atoms with Crippen LogP contribution in [0.4, 0.5) is 0 Å². The number of rotatable bonds is 6. The van der Waals surface area contributed by atoms with Crippen molar-refractivity contribution in [1.29, 1.82) is 0 Å². The van der Waals surface area contributed by atoms with Crippen molar-refractivity contribution in [3.63, 3.8) is 0 Å². The molecule has 4 aromatic rings. The first kappa shape index (κ1) is 20.0. The fraction of sp³-hybridized carbons (Fsp3) is 0.375. The molecule has 2 fully saturated rings. The lowest BCUT2D eigenvalue weighted by Crippen LogP contribution is -2.48. The lowest BCUT2D eigenvalue weighted by Gasteiger charge is -2.32. The van der Waals surface area contributed by atoms with Crippen LogP contribution in [0, 0.1) is 5.92 Å². The zero-order chi connectivity index (χ0) is 22.4. The molecular formula is C24H24N4O5. The van der Waals surface area contributed by atoms with Crippen LogP contribution in [-0.4, -0.2) is 64.9 Å². The van der Waals surface area contributed by atoms with E-state index in [1.807, 2.05) is 35.2 Å². The van der Waals surface area contributed by atoms with Gasteiger partial charge in [-0.15, -0.1) is 5.10 Å². The van der Waals surface area contributed by atoms with E-state index in [9.17, 15) is 4.79 Å². The number of fused-ring (bicyclic) bond motifs is 2. The van der Waals surface area contributed by atoms with Gasteiger partial charge in [0.15, 0.2) is 11.4 Å². The fourth-order valence-electron chi connectivity index (χ4n) is 4.23. The largest absolute Gasteiger partial charge is 0.496 e. The lowest BCUT2D eigenvalue weighted by atomic mass is 10.2. The highest BCUT2D eigenvalue weighted by Crippen LogP contribution is 2.34. The van der Waals surface area contributed by atoms with Crippen LogP contribution in [0.25, 0.3) is 28.1 Å². The van der Waals surface area contributed by atoms with Gasteiger partial charge in [-0.3, -0.25) is 4.79 Å². The van der Waals surface area contributed by atoms with Gasteiger partial charge >= 0.3 is 0 Å². The summed E-state index contributed by atoms with van der Waals surface area (Å²) in [6.07, 6.45) is 3.56. The average Bonchev–Trinajstić information content (AvgIpc) is 3.47. The topological polar surface area (TPSA) is 91.3 Å². The zero-order valence-electron chi connectivity index (χ0n) is 18.3. The number of carbonyl (C=O) groups is 1. The van der Waals surface area contributed by atoms with Crippen LogP contribution in [0.2, 0.25) is 0 Å². The minimum atomic E-state index is -0.177. The Labute approximate surface area is 189 Å². The van der Waals surface area contributed by atoms with E-state index < -0.39 is 0 Å². The molecule has 170 valence electrons. The average molecular weight is 448 g/mol. The van der Waals surface area contributed by atoms with Crippen LogP contribution in [0.15, 0.2) is 47.0 Å². The number of amides is 1. The molecule has 33 heavy (non-hydrogen) atoms. The van der Waals surface area contributed by atoms with E-state index in [1.54, 1.807) is 23.9 Å². The quantitative estimate of drug-likeness (QED) is 0.447. The van der Waals surface area contributed by atoms with E-state index in [-0.39, 0.29) is 17.9 Å². The van der Waals surface area contributed by atoms with Gasteiger partial charge in [0.2, 0.25) is 11.8 Å². The van der Waals surface area contributed by atoms with Crippen LogP contribution in [0.3, 0.4) is 0 Å². The molecule has 1 saturated heterocycles. The summed E-state index contributed by atoms with van der Waals surface area (Å²) in [6.45, 7) is 2.05. The van der Waals surface area contributed by atoms with E-state index in [0.717, 1.165) is 29.6 Å². The Balaban J connectivity index is 1.21. The molecule has 0 bridgehead atoms. The Morgan fingerprint density at radius 3 is 3.00 bits per heavy atom. The molecule has 0 unspecified atom stereocenters. The summed E-state index contributed by atoms with van der Waals surface area (Å²) in [5.74, 6) is 2.29. The van der Waals surface area contributed by atoms with Gasteiger partial charge in [0, 0.05) is 18.5 Å². The SMILES string of the molecule is COc1cccc2oc(-c3cnc4ccc(OC[C@H]5CN(C(=O)C6CC6)CCO5)nn34)cc12. The van der Waals surface area contributed by atoms with Gasteiger partial charge < -0.3 is 23.5 Å². The number of hydrogen-bond acceptors (Lipinski definition) is 7. The lowest BCUT2D eigenvalue weighted by molar-refractivity contribution is -0.141. The Hall–Kier alpha value is -3.59. The first-order valence-corrected chi connectivity index (χ1v) is 11.1. The van der Waals surface area contributed by atoms with Crippen LogP contribution >= 0.6 is 0 Å². The minimum absolute atomic E-state index is 0.177. The standard InChI is InChI=1S/C24H24N4O5/c1-30-19-3-2-4-20-17(19)11-21(33-20)18-12-25-22-7-8-23(26-28(18)22)32-14-16-13-27(9-10-31-16)24(29)15-5-6-15/h2-4,7-8,11-12,15-16H,5-6,9-10,13-14H2,1H3/t16-/m1/s1. The molecule has 4 heterocycles. The van der Waals surface area contributed by atoms with Gasteiger partial charge in [-0.1, -0.05) is 6.07 Å². The Morgan fingerprint density at radius 2 is 2.15 bits per heavy atom. The zero-order valence-corrected chi connectivity index (χ0v) is 18.3. The molecule has 1 saturated carbocycles. The molecule has 6 rings (SSSR count). The molecule has 9 nitrogen and oxygen atoms in total. The third-order valence-electron chi connectivity index (χ3n) is 6.13. The fourth-order valence-corrected chi connectivity index (χ4v) is 4.23. The molecule has 3 aromatic heterocycles. The predicted molar refractivity (Wildman–Crippen MR) is 119 cm³/mol. The molecular weight excluding hydrogens is 424 g/mol. The Kier molecular flexibility index (Phi) is 4.91. The molecule has 1 aromatic carbocycles. The molecule has 1 aliphatic carbocycles. The smallest absolute Gasteiger partial charge is 0.231 e. The summed E-state index contributed by atoms with van der Waals surface area (Å²) in [6, 6.07) is 11.2. The molecule has 1 amide bonds. The van der Waals surface area contributed by atoms with E-state index in [4.69, 9.17) is 18.6 Å². The van der Waals surface area contributed by atoms with Crippen molar-refractivity contribution in [2.24, 2.45) is 5.92 Å². The molecule has 1 atom stereocenters. The van der Waals surface area contributed by atoms with Gasteiger partial charge in [0.1, 0.15) is 29.7 Å². The van der Waals surface area contributed by atoms with Crippen molar-refractivity contribution in [3.05, 3.63) is 42.6 Å². The molecule has 0 spiro atoms. The van der Waals surface area contributed by atoms with Crippen LogP contribution in [-0.2, 0) is 9.53 Å². The second kappa shape index (κ2) is 8.08. The number of aromatic nitrogens is 3. The summed E-state index contributed by atoms with van der Waals surface area (Å²) >= 11 is 0. The minimum Gasteiger partial charge on any atom is -0.496 e. The summed E-state index contributed by atoms with van der Waals surface area (Å²) in [4.78, 5) is 18.7. The second-order valence-electron chi connectivity index (χ2n) is 8.43. The van der Waals surface area contributed by atoms with Gasteiger partial charge in [-0.25, -0.2) is 9.50 Å². The number of hydrogen-bond donors (Lipinski definition) is 0. The third kappa shape index (κ3) is 3.78. The number of benzene rings is 1. The number of carbonyl (C=O) groups excluding carboxylic acids is 1. The van der Waals surface area contributed by atoms with Crippen LogP contribution in [0.1, 0.15) is 12.8 Å². The van der Waals surface area contributed by atoms with Crippen molar-refractivity contribution in [3.8, 4) is 23.1 Å². The first-order valence-electron chi connectivity index (χ1n) is 11.1. The van der Waals surface area contributed by atoms with Gasteiger partial charge in [0.25, 0.3) is 0 Å². The highest BCUT2D eigenvalue weighted by Gasteiger charge is 2.35. The maximum absolute atomic E-state index is 12.4. The van der Waals surface area contributed by atoms with Gasteiger partial charge in [-0.2, -0.15) is 0 Å². The Bertz CT molecular complexity index is 1330. The highest BCUT2D eigenvalue weighted by molar-refractivity contribution is 5.88. The maximum atomic E-state index is 12.4. The van der Waals surface area contributed by atoms with Crippen molar-refractivity contribution in [2.75, 3.05) is 33.4 Å². The summed E-state index contributed by atoms with van der Waals surface area (Å²) in [5, 5.41) is 5.49. The normalized spacial score (nSPS) is 18.7. The number of imidazole rings is 1. The summed E-state index contributed by atoms with van der Waals surface area (Å²) in [5.41, 5.74) is 2.12. The van der Waals surface area contributed by atoms with E-state index in [0.29, 0.717) is 49.3 Å². The summed E-state index contributed by atoms with van der Waals surface area (Å²) in [7, 11) is 1.64. The summed E-state index contributed by atoms with van der Waals surface area (Å²) < 4.78 is 24.9. The third-order valence-corrected chi connectivity index (χ3v) is 6.13. The number of morpholine rings is 1. The predicted octanol–water partition coefficient (Wildman–Crippen LogP) is 3.17. The van der Waals surface area contributed by atoms with E-state index in [2.05, 4.69) is 10.1 Å². The molecule has 2 aliphatic rings. The van der Waals surface area contributed by atoms with Crippen molar-refractivity contribution < 1.29 is 23.4 Å². The van der Waals surface area contributed by atoms with Crippen LogP contribution < -0.4 is 9.47 Å². The van der Waals surface area contributed by atoms with Crippen molar-refractivity contribution in [1.82, 2.24) is 19.5 Å². The Morgan fingerprint density at radius 1 is 1.24 bits per heavy atom. The number of ether oxygens (including phenoxy) is 3. The van der Waals surface area contributed by atoms with Crippen molar-refractivity contribution in [2.45, 2.75) is 18.9 Å². The monoisotopic (exact) mass is 448 g/mol. The second-order valence-corrected chi connectivity index (χ2v) is 8.43. The number of methoxy groups -OCH3 is 1. The molecule has 0 N–H and O–H groups in total. The van der Waals surface area contributed by atoms with Crippen molar-refractivity contribution >= 4 is 22.5 Å². The number of nitrogens with zero attached hydrogens (tertiary/aromatic N) is 4. The maximum Gasteiger partial charge on any atom is 0.231 e. The highest BCUT2D eigenvalue weighted by atomic mass is 16.5. The molecule has 0 radical (unpaired) electrons. The number of furan rings is 1. The first-order chi connectivity index (χ1) is 16.2. The van der Waals surface area contributed by atoms with Gasteiger partial charge in [0.05, 0.1) is 31.8 Å².